The number of hydrogen-bond donors (Lipinski definition) is 0. The summed E-state index contributed by atoms with van der Waals surface area (Å²) in [6, 6.07) is 0. The third-order valence-corrected chi connectivity index (χ3v) is 2.50. The lowest BCUT2D eigenvalue weighted by molar-refractivity contribution is 0.412. The fourth-order valence-corrected chi connectivity index (χ4v) is 1.82. The van der Waals surface area contributed by atoms with Gasteiger partial charge in [0, 0.05) is 0 Å². The van der Waals surface area contributed by atoms with Gasteiger partial charge in [-0.2, -0.15) is 0 Å². The van der Waals surface area contributed by atoms with Gasteiger partial charge in [0.2, 0.25) is 0 Å². The molecule has 0 saturated carbocycles. The molecule has 0 aromatic heterocycles. The summed E-state index contributed by atoms with van der Waals surface area (Å²) in [7, 11) is 0. The number of hydrogen-bond acceptors (Lipinski definition) is 0. The van der Waals surface area contributed by atoms with Gasteiger partial charge in [-0.1, -0.05) is 53.4 Å². The van der Waals surface area contributed by atoms with E-state index < -0.39 is 0 Å². The van der Waals surface area contributed by atoms with E-state index >= 15 is 0 Å². The average Bonchev–Trinajstić information content (AvgIpc) is 2.02. The molecule has 0 amide bonds. The molecule has 0 rings (SSSR count). The van der Waals surface area contributed by atoms with E-state index in [4.69, 9.17) is 0 Å². The predicted molar refractivity (Wildman–Crippen MR) is 61.7 cm³/mol. The summed E-state index contributed by atoms with van der Waals surface area (Å²) >= 11 is 0. The van der Waals surface area contributed by atoms with E-state index in [1.807, 2.05) is 0 Å². The predicted octanol–water partition coefficient (Wildman–Crippen LogP) is 4.84. The van der Waals surface area contributed by atoms with Gasteiger partial charge in [0.1, 0.15) is 0 Å². The highest BCUT2D eigenvalue weighted by Crippen LogP contribution is 2.17. The van der Waals surface area contributed by atoms with Crippen molar-refractivity contribution < 1.29 is 0 Å². The first-order valence-corrected chi connectivity index (χ1v) is 5.98. The van der Waals surface area contributed by atoms with Crippen molar-refractivity contribution in [3.63, 3.8) is 0 Å². The van der Waals surface area contributed by atoms with Crippen LogP contribution in [0, 0.1) is 18.3 Å². The third-order valence-electron chi connectivity index (χ3n) is 2.50. The second-order valence-electron chi connectivity index (χ2n) is 4.74. The van der Waals surface area contributed by atoms with Crippen molar-refractivity contribution in [2.24, 2.45) is 11.8 Å². The van der Waals surface area contributed by atoms with Crippen molar-refractivity contribution in [1.29, 1.82) is 0 Å². The summed E-state index contributed by atoms with van der Waals surface area (Å²) in [5, 5.41) is 0. The van der Waals surface area contributed by atoms with Crippen molar-refractivity contribution in [3.05, 3.63) is 6.42 Å². The van der Waals surface area contributed by atoms with E-state index in [1.54, 1.807) is 0 Å². The van der Waals surface area contributed by atoms with Crippen LogP contribution < -0.4 is 0 Å². The van der Waals surface area contributed by atoms with Crippen LogP contribution in [0.15, 0.2) is 0 Å². The second kappa shape index (κ2) is 8.59. The highest BCUT2D eigenvalue weighted by molar-refractivity contribution is 4.67. The molecule has 0 aromatic carbocycles. The first-order valence-electron chi connectivity index (χ1n) is 5.98. The van der Waals surface area contributed by atoms with E-state index in [2.05, 4.69) is 34.1 Å². The lowest BCUT2D eigenvalue weighted by Gasteiger charge is -2.13. The Hall–Kier alpha value is 0. The summed E-state index contributed by atoms with van der Waals surface area (Å²) < 4.78 is 0. The van der Waals surface area contributed by atoms with E-state index in [9.17, 15) is 0 Å². The molecular formula is C13H27. The molecule has 0 aliphatic carbocycles. The quantitative estimate of drug-likeness (QED) is 0.472. The Balaban J connectivity index is 3.12. The molecule has 0 heterocycles. The van der Waals surface area contributed by atoms with Crippen LogP contribution in [0.1, 0.15) is 66.2 Å². The summed E-state index contributed by atoms with van der Waals surface area (Å²) in [5.41, 5.74) is 0. The van der Waals surface area contributed by atoms with Gasteiger partial charge in [-0.05, 0) is 31.1 Å². The minimum absolute atomic E-state index is 0.866. The van der Waals surface area contributed by atoms with Gasteiger partial charge in [-0.25, -0.2) is 0 Å². The van der Waals surface area contributed by atoms with Crippen molar-refractivity contribution in [2.75, 3.05) is 0 Å². The Kier molecular flexibility index (Phi) is 8.59. The molecule has 0 aliphatic rings. The number of unbranched alkanes of at least 4 members (excludes halogenated alkanes) is 4. The first kappa shape index (κ1) is 13.0. The Bertz CT molecular complexity index is 94.2. The van der Waals surface area contributed by atoms with Crippen molar-refractivity contribution >= 4 is 0 Å². The fraction of sp³-hybridized carbons (Fsp3) is 0.923. The van der Waals surface area contributed by atoms with Gasteiger partial charge in [0.05, 0.1) is 0 Å². The van der Waals surface area contributed by atoms with Gasteiger partial charge in [0.15, 0.2) is 0 Å². The molecule has 0 saturated heterocycles. The van der Waals surface area contributed by atoms with E-state index in [1.165, 1.54) is 38.5 Å². The maximum Gasteiger partial charge on any atom is -0.0386 e. The Morgan fingerprint density at radius 2 is 1.77 bits per heavy atom. The molecular weight excluding hydrogens is 156 g/mol. The van der Waals surface area contributed by atoms with Crippen LogP contribution in [-0.4, -0.2) is 0 Å². The van der Waals surface area contributed by atoms with Crippen LogP contribution in [0.25, 0.3) is 0 Å². The van der Waals surface area contributed by atoms with Crippen LogP contribution in [-0.2, 0) is 0 Å². The molecule has 1 radical (unpaired) electrons. The van der Waals surface area contributed by atoms with Gasteiger partial charge in [-0.15, -0.1) is 0 Å². The lowest BCUT2D eigenvalue weighted by Crippen LogP contribution is -1.99. The van der Waals surface area contributed by atoms with E-state index in [-0.39, 0.29) is 0 Å². The summed E-state index contributed by atoms with van der Waals surface area (Å²) in [6.45, 7) is 9.28. The third kappa shape index (κ3) is 9.92. The standard InChI is InChI=1S/C13H27/c1-5-6-7-8-9-10-13(4)11-12(2)3/h8,12-13H,5-7,9-11H2,1-4H3. The van der Waals surface area contributed by atoms with Crippen LogP contribution in [0.2, 0.25) is 0 Å². The lowest BCUT2D eigenvalue weighted by atomic mass is 9.93. The molecule has 0 nitrogen and oxygen atoms in total. The van der Waals surface area contributed by atoms with Gasteiger partial charge in [0.25, 0.3) is 0 Å². The zero-order valence-electron chi connectivity index (χ0n) is 9.97. The minimum Gasteiger partial charge on any atom is -0.0654 e. The van der Waals surface area contributed by atoms with Gasteiger partial charge in [-0.3, -0.25) is 0 Å². The highest BCUT2D eigenvalue weighted by Gasteiger charge is 2.04. The van der Waals surface area contributed by atoms with Crippen LogP contribution in [0.4, 0.5) is 0 Å². The minimum atomic E-state index is 0.866. The molecule has 0 aromatic rings. The maximum absolute atomic E-state index is 2.47. The normalized spacial score (nSPS) is 13.6. The van der Waals surface area contributed by atoms with Gasteiger partial charge >= 0.3 is 0 Å². The van der Waals surface area contributed by atoms with Crippen LogP contribution >= 0.6 is 0 Å². The maximum atomic E-state index is 2.47. The van der Waals surface area contributed by atoms with E-state index in [0.717, 1.165) is 11.8 Å². The fourth-order valence-electron chi connectivity index (χ4n) is 1.82. The first-order chi connectivity index (χ1) is 6.16. The topological polar surface area (TPSA) is 0 Å². The van der Waals surface area contributed by atoms with Crippen molar-refractivity contribution in [2.45, 2.75) is 66.2 Å². The van der Waals surface area contributed by atoms with Crippen LogP contribution in [0.5, 0.6) is 0 Å². The second-order valence-corrected chi connectivity index (χ2v) is 4.74. The SMILES string of the molecule is CCCC[CH]CCC(C)CC(C)C. The Labute approximate surface area is 85.1 Å². The molecule has 1 unspecified atom stereocenters. The van der Waals surface area contributed by atoms with Crippen molar-refractivity contribution in [1.82, 2.24) is 0 Å². The molecule has 0 fully saturated rings. The van der Waals surface area contributed by atoms with Gasteiger partial charge < -0.3 is 0 Å². The van der Waals surface area contributed by atoms with Crippen LogP contribution in [0.3, 0.4) is 0 Å². The largest absolute Gasteiger partial charge is 0.0654 e. The summed E-state index contributed by atoms with van der Waals surface area (Å²) in [5.74, 6) is 1.78. The summed E-state index contributed by atoms with van der Waals surface area (Å²) in [4.78, 5) is 0. The monoisotopic (exact) mass is 183 g/mol. The molecule has 0 heteroatoms. The average molecular weight is 183 g/mol. The molecule has 0 spiro atoms. The molecule has 13 heavy (non-hydrogen) atoms. The molecule has 0 bridgehead atoms. The number of rotatable bonds is 8. The Morgan fingerprint density at radius 3 is 2.31 bits per heavy atom. The smallest absolute Gasteiger partial charge is 0.0386 e. The molecule has 79 valence electrons. The molecule has 0 aliphatic heterocycles. The summed E-state index contributed by atoms with van der Waals surface area (Å²) in [6.07, 6.45) is 10.6. The zero-order valence-corrected chi connectivity index (χ0v) is 9.97. The molecule has 1 atom stereocenters. The highest BCUT2D eigenvalue weighted by atomic mass is 14.1. The van der Waals surface area contributed by atoms with Crippen molar-refractivity contribution in [3.8, 4) is 0 Å². The molecule has 0 N–H and O–H groups in total. The zero-order chi connectivity index (χ0) is 10.1. The Morgan fingerprint density at radius 1 is 1.08 bits per heavy atom. The van der Waals surface area contributed by atoms with E-state index in [0.29, 0.717) is 0 Å².